The monoisotopic (exact) mass is 279 g/mol. The average Bonchev–Trinajstić information content (AvgIpc) is 3.00. The van der Waals surface area contributed by atoms with Gasteiger partial charge in [0, 0.05) is 12.6 Å². The summed E-state index contributed by atoms with van der Waals surface area (Å²) < 4.78 is 0. The Bertz CT molecular complexity index is 437. The molecular formula is C16H25NOS. The molecule has 0 spiro atoms. The van der Waals surface area contributed by atoms with E-state index in [-0.39, 0.29) is 6.10 Å². The number of hydrogen-bond donors (Lipinski definition) is 2. The minimum Gasteiger partial charge on any atom is -0.387 e. The van der Waals surface area contributed by atoms with Crippen LogP contribution in [0.25, 0.3) is 0 Å². The van der Waals surface area contributed by atoms with E-state index in [0.717, 1.165) is 11.5 Å². The largest absolute Gasteiger partial charge is 0.387 e. The van der Waals surface area contributed by atoms with Crippen molar-refractivity contribution in [2.24, 2.45) is 16.7 Å². The first-order valence-corrected chi connectivity index (χ1v) is 8.31. The fraction of sp³-hybridized carbons (Fsp3) is 0.750. The number of aliphatic hydroxyl groups excluding tert-OH is 1. The lowest BCUT2D eigenvalue weighted by Crippen LogP contribution is -2.51. The van der Waals surface area contributed by atoms with Crippen molar-refractivity contribution in [2.45, 2.75) is 52.2 Å². The van der Waals surface area contributed by atoms with Gasteiger partial charge in [0.05, 0.1) is 6.10 Å². The van der Waals surface area contributed by atoms with Gasteiger partial charge in [-0.1, -0.05) is 20.8 Å². The van der Waals surface area contributed by atoms with Gasteiger partial charge in [0.2, 0.25) is 0 Å². The third kappa shape index (κ3) is 2.16. The molecule has 3 heteroatoms. The number of thiophene rings is 1. The molecule has 0 aliphatic heterocycles. The van der Waals surface area contributed by atoms with Crippen molar-refractivity contribution in [1.82, 2.24) is 5.32 Å². The average molecular weight is 279 g/mol. The zero-order valence-electron chi connectivity index (χ0n) is 12.1. The SMILES string of the molecule is CC1(C)C(NCC(O)c2ccsc2)[C@]2(C)CC[C@H]1C2. The van der Waals surface area contributed by atoms with E-state index in [0.29, 0.717) is 23.4 Å². The highest BCUT2D eigenvalue weighted by Gasteiger charge is 2.58. The highest BCUT2D eigenvalue weighted by Crippen LogP contribution is 2.62. The lowest BCUT2D eigenvalue weighted by molar-refractivity contribution is 0.0880. The van der Waals surface area contributed by atoms with Crippen LogP contribution >= 0.6 is 11.3 Å². The van der Waals surface area contributed by atoms with Gasteiger partial charge in [0.25, 0.3) is 0 Å². The zero-order valence-corrected chi connectivity index (χ0v) is 13.0. The standard InChI is InChI=1S/C16H25NOS/c1-15(2)12-4-6-16(3,8-12)14(15)17-9-13(18)11-5-7-19-10-11/h5,7,10,12-14,17-18H,4,6,8-9H2,1-3H3/t12-,13?,14?,16+/m0/s1. The summed E-state index contributed by atoms with van der Waals surface area (Å²) in [6.07, 6.45) is 3.71. The van der Waals surface area contributed by atoms with Crippen molar-refractivity contribution < 1.29 is 5.11 Å². The number of rotatable bonds is 4. The molecule has 1 aromatic rings. The van der Waals surface area contributed by atoms with Crippen molar-refractivity contribution in [1.29, 1.82) is 0 Å². The molecular weight excluding hydrogens is 254 g/mol. The summed E-state index contributed by atoms with van der Waals surface area (Å²) in [6, 6.07) is 2.55. The second-order valence-corrected chi connectivity index (χ2v) is 8.11. The van der Waals surface area contributed by atoms with E-state index in [4.69, 9.17) is 0 Å². The van der Waals surface area contributed by atoms with Gasteiger partial charge in [-0.2, -0.15) is 11.3 Å². The highest BCUT2D eigenvalue weighted by molar-refractivity contribution is 7.07. The van der Waals surface area contributed by atoms with Crippen LogP contribution in [0.2, 0.25) is 0 Å². The van der Waals surface area contributed by atoms with Crippen LogP contribution in [0.5, 0.6) is 0 Å². The van der Waals surface area contributed by atoms with Crippen molar-refractivity contribution in [3.05, 3.63) is 22.4 Å². The first-order valence-electron chi connectivity index (χ1n) is 7.37. The van der Waals surface area contributed by atoms with E-state index < -0.39 is 0 Å². The molecule has 0 radical (unpaired) electrons. The molecule has 106 valence electrons. The van der Waals surface area contributed by atoms with Crippen LogP contribution in [0.3, 0.4) is 0 Å². The topological polar surface area (TPSA) is 32.3 Å². The maximum atomic E-state index is 10.2. The van der Waals surface area contributed by atoms with E-state index in [1.165, 1.54) is 19.3 Å². The second kappa shape index (κ2) is 4.57. The summed E-state index contributed by atoms with van der Waals surface area (Å²) in [6.45, 7) is 7.90. The van der Waals surface area contributed by atoms with Gasteiger partial charge >= 0.3 is 0 Å². The maximum absolute atomic E-state index is 10.2. The van der Waals surface area contributed by atoms with Crippen molar-refractivity contribution >= 4 is 11.3 Å². The molecule has 2 fully saturated rings. The lowest BCUT2D eigenvalue weighted by Gasteiger charge is -2.43. The van der Waals surface area contributed by atoms with Gasteiger partial charge in [-0.15, -0.1) is 0 Å². The molecule has 2 nitrogen and oxygen atoms in total. The quantitative estimate of drug-likeness (QED) is 0.883. The third-order valence-electron chi connectivity index (χ3n) is 5.71. The Morgan fingerprint density at radius 1 is 1.47 bits per heavy atom. The fourth-order valence-corrected chi connectivity index (χ4v) is 5.33. The Balaban J connectivity index is 1.67. The molecule has 0 saturated heterocycles. The van der Waals surface area contributed by atoms with Crippen LogP contribution in [-0.4, -0.2) is 17.7 Å². The predicted molar refractivity (Wildman–Crippen MR) is 80.3 cm³/mol. The number of hydrogen-bond acceptors (Lipinski definition) is 3. The number of nitrogens with one attached hydrogen (secondary N) is 1. The van der Waals surface area contributed by atoms with Crippen LogP contribution in [-0.2, 0) is 0 Å². The molecule has 1 aromatic heterocycles. The Morgan fingerprint density at radius 2 is 2.26 bits per heavy atom. The Kier molecular flexibility index (Phi) is 3.27. The van der Waals surface area contributed by atoms with E-state index in [2.05, 4.69) is 26.1 Å². The van der Waals surface area contributed by atoms with Crippen molar-refractivity contribution in [3.63, 3.8) is 0 Å². The molecule has 0 amide bonds. The summed E-state index contributed by atoms with van der Waals surface area (Å²) in [7, 11) is 0. The van der Waals surface area contributed by atoms with Crippen LogP contribution in [0.4, 0.5) is 0 Å². The molecule has 0 aromatic carbocycles. The normalized spacial score (nSPS) is 37.7. The summed E-state index contributed by atoms with van der Waals surface area (Å²) in [4.78, 5) is 0. The maximum Gasteiger partial charge on any atom is 0.0922 e. The molecule has 3 rings (SSSR count). The van der Waals surface area contributed by atoms with Gasteiger partial charge in [-0.25, -0.2) is 0 Å². The molecule has 2 aliphatic rings. The Labute approximate surface area is 120 Å². The predicted octanol–water partition coefficient (Wildman–Crippen LogP) is 3.59. The lowest BCUT2D eigenvalue weighted by atomic mass is 9.68. The van der Waals surface area contributed by atoms with E-state index >= 15 is 0 Å². The molecule has 2 aliphatic carbocycles. The number of fused-ring (bicyclic) bond motifs is 2. The van der Waals surface area contributed by atoms with Crippen LogP contribution in [0.15, 0.2) is 16.8 Å². The smallest absolute Gasteiger partial charge is 0.0922 e. The molecule has 2 unspecified atom stereocenters. The Morgan fingerprint density at radius 3 is 2.84 bits per heavy atom. The van der Waals surface area contributed by atoms with Gasteiger partial charge in [0.1, 0.15) is 0 Å². The molecule has 2 saturated carbocycles. The molecule has 2 bridgehead atoms. The van der Waals surface area contributed by atoms with Gasteiger partial charge in [0.15, 0.2) is 0 Å². The summed E-state index contributed by atoms with van der Waals surface area (Å²) in [5, 5.41) is 18.0. The minimum atomic E-state index is -0.371. The summed E-state index contributed by atoms with van der Waals surface area (Å²) in [5.74, 6) is 0.855. The van der Waals surface area contributed by atoms with E-state index in [9.17, 15) is 5.11 Å². The number of aliphatic hydroxyl groups is 1. The second-order valence-electron chi connectivity index (χ2n) is 7.33. The van der Waals surface area contributed by atoms with Gasteiger partial charge < -0.3 is 10.4 Å². The zero-order chi connectivity index (χ0) is 13.7. The highest BCUT2D eigenvalue weighted by atomic mass is 32.1. The summed E-state index contributed by atoms with van der Waals surface area (Å²) >= 11 is 1.65. The first kappa shape index (κ1) is 13.6. The van der Waals surface area contributed by atoms with Gasteiger partial charge in [-0.3, -0.25) is 0 Å². The van der Waals surface area contributed by atoms with Crippen molar-refractivity contribution in [3.8, 4) is 0 Å². The molecule has 19 heavy (non-hydrogen) atoms. The minimum absolute atomic E-state index is 0.362. The first-order chi connectivity index (χ1) is 8.93. The van der Waals surface area contributed by atoms with Crippen LogP contribution in [0, 0.1) is 16.7 Å². The van der Waals surface area contributed by atoms with Gasteiger partial charge in [-0.05, 0) is 58.4 Å². The summed E-state index contributed by atoms with van der Waals surface area (Å²) in [5.41, 5.74) is 1.84. The molecule has 1 heterocycles. The molecule has 4 atom stereocenters. The third-order valence-corrected chi connectivity index (χ3v) is 6.41. The van der Waals surface area contributed by atoms with E-state index in [1.807, 2.05) is 16.8 Å². The van der Waals surface area contributed by atoms with E-state index in [1.54, 1.807) is 11.3 Å². The Hall–Kier alpha value is -0.380. The van der Waals surface area contributed by atoms with Crippen molar-refractivity contribution in [2.75, 3.05) is 6.54 Å². The molecule has 2 N–H and O–H groups in total. The fourth-order valence-electron chi connectivity index (χ4n) is 4.62. The van der Waals surface area contributed by atoms with Crippen LogP contribution < -0.4 is 5.32 Å². The van der Waals surface area contributed by atoms with Crippen LogP contribution in [0.1, 0.15) is 51.7 Å².